The number of aromatic carboxylic acids is 1. The van der Waals surface area contributed by atoms with E-state index in [-0.39, 0.29) is 5.69 Å². The highest BCUT2D eigenvalue weighted by Gasteiger charge is 2.08. The molecule has 2 aromatic rings. The number of carboxylic acids is 1. The first kappa shape index (κ1) is 13.3. The van der Waals surface area contributed by atoms with Gasteiger partial charge in [0.1, 0.15) is 5.82 Å². The Morgan fingerprint density at radius 2 is 1.95 bits per heavy atom. The smallest absolute Gasteiger partial charge is 0.356 e. The molecule has 0 spiro atoms. The van der Waals surface area contributed by atoms with Gasteiger partial charge in [-0.2, -0.15) is 0 Å². The number of benzene rings is 1. The van der Waals surface area contributed by atoms with Crippen molar-refractivity contribution in [1.82, 2.24) is 9.97 Å². The minimum Gasteiger partial charge on any atom is -0.476 e. The van der Waals surface area contributed by atoms with E-state index in [4.69, 9.17) is 16.7 Å². The molecule has 98 valence electrons. The van der Waals surface area contributed by atoms with Crippen LogP contribution in [0.5, 0.6) is 0 Å². The Hall–Kier alpha value is -2.14. The number of carbonyl (C=O) groups is 1. The van der Waals surface area contributed by atoms with Crippen molar-refractivity contribution >= 4 is 23.4 Å². The van der Waals surface area contributed by atoms with Gasteiger partial charge in [0.2, 0.25) is 0 Å². The molecule has 5 nitrogen and oxygen atoms in total. The van der Waals surface area contributed by atoms with Crippen LogP contribution < -0.4 is 4.90 Å². The molecule has 0 unspecified atom stereocenters. The minimum atomic E-state index is -1.08. The molecule has 2 rings (SSSR count). The highest BCUT2D eigenvalue weighted by molar-refractivity contribution is 6.30. The largest absolute Gasteiger partial charge is 0.476 e. The molecule has 0 aliphatic rings. The normalized spacial score (nSPS) is 10.2. The van der Waals surface area contributed by atoms with Crippen LogP contribution in [0.2, 0.25) is 5.02 Å². The molecule has 19 heavy (non-hydrogen) atoms. The van der Waals surface area contributed by atoms with Gasteiger partial charge in [0.05, 0.1) is 12.4 Å². The summed E-state index contributed by atoms with van der Waals surface area (Å²) in [6, 6.07) is 7.50. The number of anilines is 1. The fourth-order valence-electron chi connectivity index (χ4n) is 1.57. The molecule has 0 bridgehead atoms. The molecule has 1 N–H and O–H groups in total. The van der Waals surface area contributed by atoms with Crippen LogP contribution in [0.25, 0.3) is 0 Å². The third-order valence-corrected chi connectivity index (χ3v) is 2.83. The zero-order chi connectivity index (χ0) is 13.8. The zero-order valence-electron chi connectivity index (χ0n) is 10.2. The third-order valence-electron chi connectivity index (χ3n) is 2.58. The van der Waals surface area contributed by atoms with Crippen LogP contribution >= 0.6 is 11.6 Å². The molecule has 1 aromatic carbocycles. The summed E-state index contributed by atoms with van der Waals surface area (Å²) in [5.74, 6) is -0.473. The maximum absolute atomic E-state index is 10.7. The molecule has 0 atom stereocenters. The van der Waals surface area contributed by atoms with Gasteiger partial charge in [-0.1, -0.05) is 23.7 Å². The second kappa shape index (κ2) is 5.67. The molecule has 0 saturated carbocycles. The SMILES string of the molecule is CN(Cc1ccc(Cl)cc1)c1cnc(C(=O)O)cn1. The van der Waals surface area contributed by atoms with Gasteiger partial charge in [-0.3, -0.25) is 0 Å². The zero-order valence-corrected chi connectivity index (χ0v) is 11.0. The van der Waals surface area contributed by atoms with Crippen molar-refractivity contribution < 1.29 is 9.90 Å². The summed E-state index contributed by atoms with van der Waals surface area (Å²) in [6.07, 6.45) is 2.69. The van der Waals surface area contributed by atoms with Crippen LogP contribution in [0.15, 0.2) is 36.7 Å². The third kappa shape index (κ3) is 3.42. The van der Waals surface area contributed by atoms with E-state index < -0.39 is 5.97 Å². The number of hydrogen-bond acceptors (Lipinski definition) is 4. The summed E-state index contributed by atoms with van der Waals surface area (Å²) in [5, 5.41) is 9.44. The summed E-state index contributed by atoms with van der Waals surface area (Å²) >= 11 is 5.82. The Labute approximate surface area is 115 Å². The first-order chi connectivity index (χ1) is 9.06. The van der Waals surface area contributed by atoms with Gasteiger partial charge in [-0.25, -0.2) is 14.8 Å². The average molecular weight is 278 g/mol. The van der Waals surface area contributed by atoms with Crippen LogP contribution in [0.4, 0.5) is 5.82 Å². The molecule has 0 saturated heterocycles. The summed E-state index contributed by atoms with van der Waals surface area (Å²) in [4.78, 5) is 20.5. The number of hydrogen-bond donors (Lipinski definition) is 1. The Morgan fingerprint density at radius 3 is 2.47 bits per heavy atom. The fourth-order valence-corrected chi connectivity index (χ4v) is 1.70. The standard InChI is InChI=1S/C13H12ClN3O2/c1-17(8-9-2-4-10(14)5-3-9)12-7-15-11(6-16-12)13(18)19/h2-7H,8H2,1H3,(H,18,19). The van der Waals surface area contributed by atoms with Crippen molar-refractivity contribution in [2.75, 3.05) is 11.9 Å². The summed E-state index contributed by atoms with van der Waals surface area (Å²) in [7, 11) is 1.86. The first-order valence-corrected chi connectivity index (χ1v) is 5.95. The molecule has 0 aliphatic heterocycles. The highest BCUT2D eigenvalue weighted by atomic mass is 35.5. The van der Waals surface area contributed by atoms with E-state index in [1.807, 2.05) is 36.2 Å². The van der Waals surface area contributed by atoms with E-state index in [1.54, 1.807) is 0 Å². The molecule has 0 aliphatic carbocycles. The average Bonchev–Trinajstić information content (AvgIpc) is 2.41. The number of halogens is 1. The van der Waals surface area contributed by atoms with E-state index >= 15 is 0 Å². The monoisotopic (exact) mass is 277 g/mol. The lowest BCUT2D eigenvalue weighted by Gasteiger charge is -2.17. The molecule has 1 heterocycles. The molecular formula is C13H12ClN3O2. The second-order valence-corrected chi connectivity index (χ2v) is 4.48. The van der Waals surface area contributed by atoms with Crippen LogP contribution in [-0.4, -0.2) is 28.1 Å². The maximum Gasteiger partial charge on any atom is 0.356 e. The van der Waals surface area contributed by atoms with Crippen molar-refractivity contribution in [1.29, 1.82) is 0 Å². The predicted octanol–water partition coefficient (Wildman–Crippen LogP) is 2.46. The van der Waals surface area contributed by atoms with Gasteiger partial charge in [-0.15, -0.1) is 0 Å². The van der Waals surface area contributed by atoms with Crippen LogP contribution in [-0.2, 0) is 6.54 Å². The molecule has 0 fully saturated rings. The van der Waals surface area contributed by atoms with Gasteiger partial charge in [0.25, 0.3) is 0 Å². The van der Waals surface area contributed by atoms with Crippen molar-refractivity contribution in [2.45, 2.75) is 6.54 Å². The molecular weight excluding hydrogens is 266 g/mol. The topological polar surface area (TPSA) is 66.3 Å². The fraction of sp³-hybridized carbons (Fsp3) is 0.154. The Balaban J connectivity index is 2.09. The number of aromatic nitrogens is 2. The van der Waals surface area contributed by atoms with Crippen LogP contribution in [0, 0.1) is 0 Å². The lowest BCUT2D eigenvalue weighted by atomic mass is 10.2. The van der Waals surface area contributed by atoms with Gasteiger partial charge >= 0.3 is 5.97 Å². The quantitative estimate of drug-likeness (QED) is 0.930. The van der Waals surface area contributed by atoms with E-state index in [2.05, 4.69) is 9.97 Å². The Morgan fingerprint density at radius 1 is 1.26 bits per heavy atom. The van der Waals surface area contributed by atoms with E-state index in [9.17, 15) is 4.79 Å². The molecule has 1 aromatic heterocycles. The van der Waals surface area contributed by atoms with Crippen LogP contribution in [0.3, 0.4) is 0 Å². The number of carboxylic acid groups (broad SMARTS) is 1. The van der Waals surface area contributed by atoms with Crippen LogP contribution in [0.1, 0.15) is 16.1 Å². The molecule has 6 heteroatoms. The van der Waals surface area contributed by atoms with Crippen molar-refractivity contribution in [2.24, 2.45) is 0 Å². The first-order valence-electron chi connectivity index (χ1n) is 5.57. The highest BCUT2D eigenvalue weighted by Crippen LogP contribution is 2.14. The van der Waals surface area contributed by atoms with Gasteiger partial charge in [0, 0.05) is 18.6 Å². The van der Waals surface area contributed by atoms with E-state index in [1.165, 1.54) is 12.4 Å². The predicted molar refractivity (Wildman–Crippen MR) is 72.6 cm³/mol. The van der Waals surface area contributed by atoms with Gasteiger partial charge in [-0.05, 0) is 17.7 Å². The summed E-state index contributed by atoms with van der Waals surface area (Å²) in [5.41, 5.74) is 1.01. The molecule has 0 amide bonds. The summed E-state index contributed by atoms with van der Waals surface area (Å²) in [6.45, 7) is 0.637. The van der Waals surface area contributed by atoms with Crippen molar-refractivity contribution in [3.8, 4) is 0 Å². The Kier molecular flexibility index (Phi) is 3.97. The van der Waals surface area contributed by atoms with Crippen molar-refractivity contribution in [3.63, 3.8) is 0 Å². The van der Waals surface area contributed by atoms with E-state index in [0.717, 1.165) is 5.56 Å². The Bertz CT molecular complexity index is 569. The van der Waals surface area contributed by atoms with Crippen molar-refractivity contribution in [3.05, 3.63) is 52.9 Å². The lowest BCUT2D eigenvalue weighted by molar-refractivity contribution is 0.0690. The van der Waals surface area contributed by atoms with E-state index in [0.29, 0.717) is 17.4 Å². The number of nitrogens with zero attached hydrogens (tertiary/aromatic N) is 3. The minimum absolute atomic E-state index is 0.0661. The van der Waals surface area contributed by atoms with Gasteiger partial charge in [0.15, 0.2) is 5.69 Å². The molecule has 0 radical (unpaired) electrons. The van der Waals surface area contributed by atoms with Gasteiger partial charge < -0.3 is 10.0 Å². The maximum atomic E-state index is 10.7. The second-order valence-electron chi connectivity index (χ2n) is 4.05. The lowest BCUT2D eigenvalue weighted by Crippen LogP contribution is -2.18. The summed E-state index contributed by atoms with van der Waals surface area (Å²) < 4.78 is 0. The number of rotatable bonds is 4.